The Labute approximate surface area is 131 Å². The van der Waals surface area contributed by atoms with Crippen molar-refractivity contribution >= 4 is 5.96 Å². The van der Waals surface area contributed by atoms with Crippen molar-refractivity contribution in [2.24, 2.45) is 17.5 Å². The summed E-state index contributed by atoms with van der Waals surface area (Å²) in [5.74, 6) is 1.72. The molecule has 1 aromatic rings. The van der Waals surface area contributed by atoms with Gasteiger partial charge in [-0.25, -0.2) is 4.98 Å². The molecular weight excluding hydrogens is 280 g/mol. The Morgan fingerprint density at radius 3 is 2.91 bits per heavy atom. The lowest BCUT2D eigenvalue weighted by molar-refractivity contribution is -0.168. The molecule has 2 saturated carbocycles. The Hall–Kier alpha value is -1.63. The molecule has 2 N–H and O–H groups in total. The maximum Gasteiger partial charge on any atom is 0.191 e. The normalized spacial score (nSPS) is 26.4. The topological polar surface area (TPSA) is 76.4 Å². The third-order valence-electron chi connectivity index (χ3n) is 5.19. The second-order valence-electron chi connectivity index (χ2n) is 6.19. The molecular formula is C15H26N6O. The first-order chi connectivity index (χ1) is 10.7. The SMILES string of the molecule is CCOC1CC(NC(=NC)NCc2ncnn2C)C12CCC2. The van der Waals surface area contributed by atoms with Crippen molar-refractivity contribution in [3.05, 3.63) is 12.2 Å². The fourth-order valence-corrected chi connectivity index (χ4v) is 3.64. The lowest BCUT2D eigenvalue weighted by atomic mass is 9.51. The minimum absolute atomic E-state index is 0.332. The molecule has 0 bridgehead atoms. The summed E-state index contributed by atoms with van der Waals surface area (Å²) < 4.78 is 7.66. The van der Waals surface area contributed by atoms with Crippen molar-refractivity contribution in [3.63, 3.8) is 0 Å². The van der Waals surface area contributed by atoms with Crippen molar-refractivity contribution in [1.82, 2.24) is 25.4 Å². The van der Waals surface area contributed by atoms with E-state index in [9.17, 15) is 0 Å². The molecule has 0 aliphatic heterocycles. The fraction of sp³-hybridized carbons (Fsp3) is 0.800. The average molecular weight is 306 g/mol. The molecule has 0 amide bonds. The number of aromatic nitrogens is 3. The van der Waals surface area contributed by atoms with E-state index in [0.29, 0.717) is 24.1 Å². The van der Waals surface area contributed by atoms with Crippen LogP contribution in [0.5, 0.6) is 0 Å². The van der Waals surface area contributed by atoms with E-state index < -0.39 is 0 Å². The summed E-state index contributed by atoms with van der Waals surface area (Å²) in [6.07, 6.45) is 6.88. The number of aryl methyl sites for hydroxylation is 1. The van der Waals surface area contributed by atoms with E-state index >= 15 is 0 Å². The fourth-order valence-electron chi connectivity index (χ4n) is 3.64. The van der Waals surface area contributed by atoms with Crippen LogP contribution in [0.1, 0.15) is 38.4 Å². The third kappa shape index (κ3) is 2.58. The van der Waals surface area contributed by atoms with Gasteiger partial charge in [-0.2, -0.15) is 5.10 Å². The summed E-state index contributed by atoms with van der Waals surface area (Å²) in [4.78, 5) is 8.54. The van der Waals surface area contributed by atoms with Crippen LogP contribution in [-0.2, 0) is 18.3 Å². The van der Waals surface area contributed by atoms with Crippen LogP contribution in [0.2, 0.25) is 0 Å². The van der Waals surface area contributed by atoms with E-state index in [4.69, 9.17) is 4.74 Å². The van der Waals surface area contributed by atoms with Gasteiger partial charge in [-0.1, -0.05) is 6.42 Å². The summed E-state index contributed by atoms with van der Waals surface area (Å²) in [6.45, 7) is 3.50. The van der Waals surface area contributed by atoms with E-state index in [1.54, 1.807) is 18.1 Å². The molecule has 2 fully saturated rings. The number of aliphatic imine (C=N–C) groups is 1. The van der Waals surface area contributed by atoms with Gasteiger partial charge in [-0.3, -0.25) is 9.67 Å². The first kappa shape index (κ1) is 15.3. The van der Waals surface area contributed by atoms with Crippen molar-refractivity contribution in [3.8, 4) is 0 Å². The molecule has 1 spiro atoms. The van der Waals surface area contributed by atoms with E-state index in [1.807, 2.05) is 7.05 Å². The van der Waals surface area contributed by atoms with Gasteiger partial charge < -0.3 is 15.4 Å². The number of rotatable bonds is 5. The van der Waals surface area contributed by atoms with Crippen LogP contribution in [0, 0.1) is 5.41 Å². The third-order valence-corrected chi connectivity index (χ3v) is 5.19. The highest BCUT2D eigenvalue weighted by atomic mass is 16.5. The first-order valence-electron chi connectivity index (χ1n) is 8.11. The molecule has 2 aliphatic carbocycles. The van der Waals surface area contributed by atoms with Crippen LogP contribution < -0.4 is 10.6 Å². The molecule has 2 aliphatic rings. The maximum atomic E-state index is 5.89. The molecule has 122 valence electrons. The highest BCUT2D eigenvalue weighted by Crippen LogP contribution is 2.57. The zero-order valence-electron chi connectivity index (χ0n) is 13.7. The Balaban J connectivity index is 1.54. The Bertz CT molecular complexity index is 536. The standard InChI is InChI=1S/C15H26N6O/c1-4-22-12-8-11(15(12)6-5-7-15)20-14(16-2)17-9-13-18-10-19-21(13)3/h10-12H,4-9H2,1-3H3,(H2,16,17,20). The minimum atomic E-state index is 0.332. The average Bonchev–Trinajstić information content (AvgIpc) is 2.84. The van der Waals surface area contributed by atoms with Crippen molar-refractivity contribution in [2.75, 3.05) is 13.7 Å². The Morgan fingerprint density at radius 2 is 2.36 bits per heavy atom. The molecule has 1 heterocycles. The zero-order valence-corrected chi connectivity index (χ0v) is 13.7. The molecule has 1 aromatic heterocycles. The molecule has 0 aromatic carbocycles. The highest BCUT2D eigenvalue weighted by molar-refractivity contribution is 5.80. The van der Waals surface area contributed by atoms with Gasteiger partial charge in [0.25, 0.3) is 0 Å². The van der Waals surface area contributed by atoms with Gasteiger partial charge in [-0.15, -0.1) is 0 Å². The van der Waals surface area contributed by atoms with Gasteiger partial charge in [0.15, 0.2) is 5.96 Å². The van der Waals surface area contributed by atoms with Gasteiger partial charge >= 0.3 is 0 Å². The maximum absolute atomic E-state index is 5.89. The molecule has 3 rings (SSSR count). The highest BCUT2D eigenvalue weighted by Gasteiger charge is 2.59. The summed E-state index contributed by atoms with van der Waals surface area (Å²) >= 11 is 0. The van der Waals surface area contributed by atoms with Crippen molar-refractivity contribution in [1.29, 1.82) is 0 Å². The summed E-state index contributed by atoms with van der Waals surface area (Å²) in [6, 6.07) is 0.462. The molecule has 0 radical (unpaired) electrons. The van der Waals surface area contributed by atoms with Gasteiger partial charge in [-0.05, 0) is 26.2 Å². The van der Waals surface area contributed by atoms with Crippen LogP contribution in [0.4, 0.5) is 0 Å². The van der Waals surface area contributed by atoms with Gasteiger partial charge in [0.05, 0.1) is 12.6 Å². The quantitative estimate of drug-likeness (QED) is 0.622. The molecule has 2 unspecified atom stereocenters. The van der Waals surface area contributed by atoms with Crippen LogP contribution in [-0.4, -0.2) is 46.5 Å². The number of nitrogens with zero attached hydrogens (tertiary/aromatic N) is 4. The predicted molar refractivity (Wildman–Crippen MR) is 84.4 cm³/mol. The van der Waals surface area contributed by atoms with E-state index in [0.717, 1.165) is 24.8 Å². The zero-order chi connectivity index (χ0) is 15.6. The van der Waals surface area contributed by atoms with Gasteiger partial charge in [0.2, 0.25) is 0 Å². The second kappa shape index (κ2) is 6.24. The Kier molecular flexibility index (Phi) is 4.33. The number of hydrogen-bond donors (Lipinski definition) is 2. The van der Waals surface area contributed by atoms with Gasteiger partial charge in [0.1, 0.15) is 12.2 Å². The minimum Gasteiger partial charge on any atom is -0.378 e. The number of hydrogen-bond acceptors (Lipinski definition) is 4. The van der Waals surface area contributed by atoms with Crippen LogP contribution in [0.15, 0.2) is 11.3 Å². The molecule has 22 heavy (non-hydrogen) atoms. The second-order valence-corrected chi connectivity index (χ2v) is 6.19. The lowest BCUT2D eigenvalue weighted by Gasteiger charge is -2.61. The largest absolute Gasteiger partial charge is 0.378 e. The van der Waals surface area contributed by atoms with E-state index in [-0.39, 0.29) is 0 Å². The summed E-state index contributed by atoms with van der Waals surface area (Å²) in [5.41, 5.74) is 0.332. The smallest absolute Gasteiger partial charge is 0.191 e. The number of nitrogens with one attached hydrogen (secondary N) is 2. The van der Waals surface area contributed by atoms with Crippen LogP contribution >= 0.6 is 0 Å². The van der Waals surface area contributed by atoms with E-state index in [2.05, 4.69) is 32.6 Å². The molecule has 0 saturated heterocycles. The monoisotopic (exact) mass is 306 g/mol. The summed E-state index contributed by atoms with van der Waals surface area (Å²) in [5, 5.41) is 11.0. The number of guanidine groups is 1. The molecule has 7 nitrogen and oxygen atoms in total. The molecule has 7 heteroatoms. The Morgan fingerprint density at radius 1 is 1.55 bits per heavy atom. The van der Waals surface area contributed by atoms with Crippen LogP contribution in [0.3, 0.4) is 0 Å². The van der Waals surface area contributed by atoms with Crippen molar-refractivity contribution < 1.29 is 4.74 Å². The lowest BCUT2D eigenvalue weighted by Crippen LogP contribution is -2.68. The van der Waals surface area contributed by atoms with Crippen LogP contribution in [0.25, 0.3) is 0 Å². The predicted octanol–water partition coefficient (Wildman–Crippen LogP) is 0.828. The van der Waals surface area contributed by atoms with Crippen molar-refractivity contribution in [2.45, 2.75) is 51.3 Å². The molecule has 2 atom stereocenters. The number of ether oxygens (including phenoxy) is 1. The van der Waals surface area contributed by atoms with E-state index in [1.165, 1.54) is 19.3 Å². The summed E-state index contributed by atoms with van der Waals surface area (Å²) in [7, 11) is 3.69. The van der Waals surface area contributed by atoms with Gasteiger partial charge in [0, 0.05) is 32.2 Å². The first-order valence-corrected chi connectivity index (χ1v) is 8.11.